The summed E-state index contributed by atoms with van der Waals surface area (Å²) in [7, 11) is -4.21. The van der Waals surface area contributed by atoms with Crippen molar-refractivity contribution < 1.29 is 22.7 Å². The maximum atomic E-state index is 13.6. The van der Waals surface area contributed by atoms with Crippen LogP contribution < -0.4 is 14.9 Å². The fourth-order valence-electron chi connectivity index (χ4n) is 4.03. The fraction of sp³-hybridized carbons (Fsp3) is 0.259. The first-order valence-electron chi connectivity index (χ1n) is 12.0. The largest absolute Gasteiger partial charge is 0.376 e. The van der Waals surface area contributed by atoms with Gasteiger partial charge in [-0.1, -0.05) is 53.0 Å². The van der Waals surface area contributed by atoms with E-state index in [1.807, 2.05) is 6.92 Å². The van der Waals surface area contributed by atoms with Gasteiger partial charge in [0.05, 0.1) is 33.0 Å². The average molecular weight is 577 g/mol. The highest BCUT2D eigenvalue weighted by atomic mass is 35.5. The lowest BCUT2D eigenvalue weighted by Gasteiger charge is -2.25. The lowest BCUT2D eigenvalue weighted by molar-refractivity contribution is -0.114. The van der Waals surface area contributed by atoms with Crippen molar-refractivity contribution in [3.05, 3.63) is 87.9 Å². The lowest BCUT2D eigenvalue weighted by Crippen LogP contribution is -2.38. The number of benzene rings is 3. The molecule has 1 fully saturated rings. The lowest BCUT2D eigenvalue weighted by atomic mass is 10.1. The molecule has 3 aromatic carbocycles. The molecule has 2 N–H and O–H groups in total. The van der Waals surface area contributed by atoms with Crippen LogP contribution in [0.4, 0.5) is 11.4 Å². The van der Waals surface area contributed by atoms with Crippen LogP contribution in [-0.4, -0.2) is 46.0 Å². The molecule has 200 valence electrons. The van der Waals surface area contributed by atoms with E-state index in [1.54, 1.807) is 36.4 Å². The zero-order valence-corrected chi connectivity index (χ0v) is 22.9. The predicted molar refractivity (Wildman–Crippen MR) is 149 cm³/mol. The summed E-state index contributed by atoms with van der Waals surface area (Å²) < 4.78 is 33.7. The molecule has 8 nitrogen and oxygen atoms in total. The van der Waals surface area contributed by atoms with Gasteiger partial charge in [0, 0.05) is 18.2 Å². The summed E-state index contributed by atoms with van der Waals surface area (Å²) in [5.41, 5.74) is 1.42. The van der Waals surface area contributed by atoms with E-state index in [2.05, 4.69) is 10.6 Å². The number of para-hydroxylation sites is 1. The van der Waals surface area contributed by atoms with E-state index < -0.39 is 22.5 Å². The molecule has 1 aliphatic rings. The van der Waals surface area contributed by atoms with Gasteiger partial charge in [0.25, 0.3) is 15.9 Å². The number of rotatable bonds is 9. The number of ether oxygens (including phenoxy) is 1. The Kier molecular flexibility index (Phi) is 8.94. The average Bonchev–Trinajstić information content (AvgIpc) is 3.42. The minimum Gasteiger partial charge on any atom is -0.376 e. The molecule has 38 heavy (non-hydrogen) atoms. The second kappa shape index (κ2) is 12.2. The Hall–Kier alpha value is -3.11. The van der Waals surface area contributed by atoms with Gasteiger partial charge in [-0.3, -0.25) is 13.9 Å². The first kappa shape index (κ1) is 27.9. The highest BCUT2D eigenvalue weighted by molar-refractivity contribution is 7.92. The molecular weight excluding hydrogens is 549 g/mol. The van der Waals surface area contributed by atoms with E-state index in [1.165, 1.54) is 30.3 Å². The van der Waals surface area contributed by atoms with Gasteiger partial charge in [0.15, 0.2) is 0 Å². The van der Waals surface area contributed by atoms with Crippen molar-refractivity contribution in [2.75, 3.05) is 29.3 Å². The van der Waals surface area contributed by atoms with Gasteiger partial charge in [0.1, 0.15) is 6.54 Å². The Balaban J connectivity index is 1.59. The zero-order chi connectivity index (χ0) is 27.3. The summed E-state index contributed by atoms with van der Waals surface area (Å²) in [6.07, 6.45) is 1.78. The van der Waals surface area contributed by atoms with E-state index in [9.17, 15) is 18.0 Å². The molecule has 0 aliphatic carbocycles. The Labute approximate surface area is 231 Å². The maximum Gasteiger partial charge on any atom is 0.264 e. The number of hydrogen-bond acceptors (Lipinski definition) is 5. The molecule has 11 heteroatoms. The summed E-state index contributed by atoms with van der Waals surface area (Å²) in [5.74, 6) is -1.05. The molecule has 0 unspecified atom stereocenters. The molecule has 1 saturated heterocycles. The summed E-state index contributed by atoms with van der Waals surface area (Å²) in [4.78, 5) is 26.1. The van der Waals surface area contributed by atoms with Crippen LogP contribution in [0.1, 0.15) is 28.8 Å². The molecule has 1 atom stereocenters. The molecule has 1 aliphatic heterocycles. The number of anilines is 2. The number of halogens is 2. The Morgan fingerprint density at radius 2 is 1.79 bits per heavy atom. The van der Waals surface area contributed by atoms with Crippen LogP contribution in [0.15, 0.2) is 71.6 Å². The van der Waals surface area contributed by atoms with E-state index >= 15 is 0 Å². The second-order valence-electron chi connectivity index (χ2n) is 8.86. The van der Waals surface area contributed by atoms with E-state index in [0.29, 0.717) is 13.2 Å². The van der Waals surface area contributed by atoms with Crippen LogP contribution in [0.3, 0.4) is 0 Å². The highest BCUT2D eigenvalue weighted by Gasteiger charge is 2.29. The van der Waals surface area contributed by atoms with Gasteiger partial charge in [0.2, 0.25) is 5.91 Å². The van der Waals surface area contributed by atoms with Crippen LogP contribution in [-0.2, 0) is 19.6 Å². The normalized spacial score (nSPS) is 15.2. The smallest absolute Gasteiger partial charge is 0.264 e. The first-order chi connectivity index (χ1) is 18.1. The van der Waals surface area contributed by atoms with E-state index in [-0.39, 0.29) is 43.9 Å². The third kappa shape index (κ3) is 6.66. The van der Waals surface area contributed by atoms with Gasteiger partial charge in [-0.05, 0) is 62.2 Å². The standard InChI is InChI=1S/C27H27Cl2N3O5S/c1-18-8-11-21(12-9-18)38(35,36)32(25-15-19(28)10-13-23(25)29)17-26(33)31-24-7-3-2-6-22(24)27(34)30-16-20-5-4-14-37-20/h2-3,6-13,15,20H,4-5,14,16-17H2,1H3,(H,30,34)(H,31,33)/t20-/m0/s1. The third-order valence-electron chi connectivity index (χ3n) is 6.03. The van der Waals surface area contributed by atoms with Crippen molar-refractivity contribution in [2.45, 2.75) is 30.8 Å². The van der Waals surface area contributed by atoms with Crippen LogP contribution >= 0.6 is 23.2 Å². The monoisotopic (exact) mass is 575 g/mol. The summed E-state index contributed by atoms with van der Waals surface area (Å²) in [6, 6.07) is 17.1. The minimum absolute atomic E-state index is 0.0131. The summed E-state index contributed by atoms with van der Waals surface area (Å²) in [5, 5.41) is 5.86. The molecule has 0 radical (unpaired) electrons. The number of sulfonamides is 1. The fourth-order valence-corrected chi connectivity index (χ4v) is 5.90. The molecule has 0 saturated carbocycles. The summed E-state index contributed by atoms with van der Waals surface area (Å²) in [6.45, 7) is 2.26. The van der Waals surface area contributed by atoms with Gasteiger partial charge in [-0.25, -0.2) is 8.42 Å². The van der Waals surface area contributed by atoms with Crippen molar-refractivity contribution >= 4 is 56.4 Å². The molecule has 4 rings (SSSR count). The molecule has 2 amide bonds. The third-order valence-corrected chi connectivity index (χ3v) is 8.36. The molecule has 1 heterocycles. The molecule has 0 spiro atoms. The van der Waals surface area contributed by atoms with Crippen molar-refractivity contribution in [3.8, 4) is 0 Å². The van der Waals surface area contributed by atoms with E-state index in [0.717, 1.165) is 22.7 Å². The number of carbonyl (C=O) groups is 2. The Morgan fingerprint density at radius 3 is 2.50 bits per heavy atom. The van der Waals surface area contributed by atoms with Crippen LogP contribution in [0.5, 0.6) is 0 Å². The van der Waals surface area contributed by atoms with Crippen LogP contribution in [0.25, 0.3) is 0 Å². The number of nitrogens with zero attached hydrogens (tertiary/aromatic N) is 1. The minimum atomic E-state index is -4.21. The quantitative estimate of drug-likeness (QED) is 0.371. The van der Waals surface area contributed by atoms with Gasteiger partial charge in [-0.2, -0.15) is 0 Å². The van der Waals surface area contributed by atoms with Crippen molar-refractivity contribution in [2.24, 2.45) is 0 Å². The van der Waals surface area contributed by atoms with Crippen molar-refractivity contribution in [1.29, 1.82) is 0 Å². The number of carbonyl (C=O) groups excluding carboxylic acids is 2. The number of amides is 2. The van der Waals surface area contributed by atoms with Crippen LogP contribution in [0, 0.1) is 6.92 Å². The number of nitrogens with one attached hydrogen (secondary N) is 2. The second-order valence-corrected chi connectivity index (χ2v) is 11.6. The molecular formula is C27H27Cl2N3O5S. The topological polar surface area (TPSA) is 105 Å². The first-order valence-corrected chi connectivity index (χ1v) is 14.2. The SMILES string of the molecule is Cc1ccc(S(=O)(=O)N(CC(=O)Nc2ccccc2C(=O)NC[C@@H]2CCCO2)c2cc(Cl)ccc2Cl)cc1. The zero-order valence-electron chi connectivity index (χ0n) is 20.6. The Bertz CT molecular complexity index is 1420. The Morgan fingerprint density at radius 1 is 1.05 bits per heavy atom. The highest BCUT2D eigenvalue weighted by Crippen LogP contribution is 2.33. The molecule has 0 aromatic heterocycles. The molecule has 3 aromatic rings. The summed E-state index contributed by atoms with van der Waals surface area (Å²) >= 11 is 12.5. The van der Waals surface area contributed by atoms with Crippen molar-refractivity contribution in [3.63, 3.8) is 0 Å². The number of aryl methyl sites for hydroxylation is 1. The van der Waals surface area contributed by atoms with Gasteiger partial charge < -0.3 is 15.4 Å². The van der Waals surface area contributed by atoms with Crippen molar-refractivity contribution in [1.82, 2.24) is 5.32 Å². The number of hydrogen-bond donors (Lipinski definition) is 2. The van der Waals surface area contributed by atoms with Crippen LogP contribution in [0.2, 0.25) is 10.0 Å². The molecule has 0 bridgehead atoms. The van der Waals surface area contributed by atoms with E-state index in [4.69, 9.17) is 27.9 Å². The van der Waals surface area contributed by atoms with Gasteiger partial charge in [-0.15, -0.1) is 0 Å². The van der Waals surface area contributed by atoms with Gasteiger partial charge >= 0.3 is 0 Å². The predicted octanol–water partition coefficient (Wildman–Crippen LogP) is 5.04. The maximum absolute atomic E-state index is 13.6.